The van der Waals surface area contributed by atoms with Crippen LogP contribution in [0, 0.1) is 5.92 Å². The van der Waals surface area contributed by atoms with Crippen LogP contribution in [0.1, 0.15) is 43.7 Å². The molecule has 0 heterocycles. The monoisotopic (exact) mass is 468 g/mol. The summed E-state index contributed by atoms with van der Waals surface area (Å²) in [7, 11) is 1.46. The SMILES string of the molecule is CO[C@H](C)[C@H](NC(=O)OCC1c2ccccc2-c2ccccc21)C(=O)NCCC(C)CC(=O)O. The van der Waals surface area contributed by atoms with E-state index in [1.807, 2.05) is 43.3 Å². The summed E-state index contributed by atoms with van der Waals surface area (Å²) in [6, 6.07) is 15.2. The summed E-state index contributed by atoms with van der Waals surface area (Å²) in [6.07, 6.45) is -0.745. The van der Waals surface area contributed by atoms with Crippen molar-refractivity contribution in [2.75, 3.05) is 20.3 Å². The number of methoxy groups -OCH3 is 1. The van der Waals surface area contributed by atoms with Crippen LogP contribution in [0.2, 0.25) is 0 Å². The number of carboxylic acid groups (broad SMARTS) is 1. The predicted octanol–water partition coefficient (Wildman–Crippen LogP) is 3.55. The van der Waals surface area contributed by atoms with E-state index < -0.39 is 30.1 Å². The predicted molar refractivity (Wildman–Crippen MR) is 128 cm³/mol. The molecule has 0 aliphatic heterocycles. The normalized spacial score (nSPS) is 14.9. The highest BCUT2D eigenvalue weighted by atomic mass is 16.5. The van der Waals surface area contributed by atoms with Gasteiger partial charge in [-0.3, -0.25) is 9.59 Å². The number of ether oxygens (including phenoxy) is 2. The van der Waals surface area contributed by atoms with E-state index in [9.17, 15) is 14.4 Å². The third-order valence-corrected chi connectivity index (χ3v) is 6.20. The summed E-state index contributed by atoms with van der Waals surface area (Å²) in [5.74, 6) is -1.45. The molecule has 3 rings (SSSR count). The summed E-state index contributed by atoms with van der Waals surface area (Å²) < 4.78 is 10.8. The Morgan fingerprint density at radius 2 is 1.59 bits per heavy atom. The van der Waals surface area contributed by atoms with E-state index >= 15 is 0 Å². The minimum absolute atomic E-state index is 0.0335. The van der Waals surface area contributed by atoms with Crippen LogP contribution in [0.5, 0.6) is 0 Å². The molecule has 1 aliphatic rings. The van der Waals surface area contributed by atoms with Crippen LogP contribution < -0.4 is 10.6 Å². The number of rotatable bonds is 11. The summed E-state index contributed by atoms with van der Waals surface area (Å²) in [4.78, 5) is 36.1. The molecule has 2 amide bonds. The van der Waals surface area contributed by atoms with Crippen LogP contribution in [-0.2, 0) is 19.1 Å². The number of carbonyl (C=O) groups excluding carboxylic acids is 2. The maximum Gasteiger partial charge on any atom is 0.407 e. The highest BCUT2D eigenvalue weighted by Crippen LogP contribution is 2.44. The minimum atomic E-state index is -0.949. The molecule has 2 aromatic rings. The van der Waals surface area contributed by atoms with Gasteiger partial charge in [-0.05, 0) is 41.5 Å². The number of carboxylic acids is 1. The number of fused-ring (bicyclic) bond motifs is 3. The van der Waals surface area contributed by atoms with Crippen molar-refractivity contribution in [1.29, 1.82) is 0 Å². The molecular formula is C26H32N2O6. The van der Waals surface area contributed by atoms with E-state index in [2.05, 4.69) is 22.8 Å². The average Bonchev–Trinajstić information content (AvgIpc) is 3.14. The van der Waals surface area contributed by atoms with Crippen LogP contribution in [0.25, 0.3) is 11.1 Å². The maximum absolute atomic E-state index is 12.7. The fourth-order valence-corrected chi connectivity index (χ4v) is 4.25. The zero-order valence-electron chi connectivity index (χ0n) is 19.7. The molecule has 2 aromatic carbocycles. The van der Waals surface area contributed by atoms with Gasteiger partial charge in [0.25, 0.3) is 0 Å². The number of benzene rings is 2. The van der Waals surface area contributed by atoms with Crippen molar-refractivity contribution in [3.63, 3.8) is 0 Å². The zero-order valence-corrected chi connectivity index (χ0v) is 19.7. The molecule has 0 bridgehead atoms. The van der Waals surface area contributed by atoms with Crippen molar-refractivity contribution in [3.05, 3.63) is 59.7 Å². The van der Waals surface area contributed by atoms with Gasteiger partial charge in [-0.25, -0.2) is 4.79 Å². The molecule has 1 aliphatic carbocycles. The number of aliphatic carboxylic acids is 1. The third kappa shape index (κ3) is 6.14. The molecule has 0 saturated heterocycles. The Morgan fingerprint density at radius 1 is 1.00 bits per heavy atom. The van der Waals surface area contributed by atoms with Gasteiger partial charge in [0.05, 0.1) is 6.10 Å². The van der Waals surface area contributed by atoms with E-state index in [0.717, 1.165) is 22.3 Å². The Morgan fingerprint density at radius 3 is 2.15 bits per heavy atom. The molecule has 3 atom stereocenters. The van der Waals surface area contributed by atoms with Gasteiger partial charge in [0.2, 0.25) is 5.91 Å². The first-order valence-electron chi connectivity index (χ1n) is 11.5. The first kappa shape index (κ1) is 25.2. The lowest BCUT2D eigenvalue weighted by Crippen LogP contribution is -2.53. The van der Waals surface area contributed by atoms with Crippen LogP contribution in [0.4, 0.5) is 4.79 Å². The van der Waals surface area contributed by atoms with Gasteiger partial charge in [0, 0.05) is 26.0 Å². The Kier molecular flexibility index (Phi) is 8.65. The molecule has 8 nitrogen and oxygen atoms in total. The highest BCUT2D eigenvalue weighted by molar-refractivity contribution is 5.86. The van der Waals surface area contributed by atoms with Crippen molar-refractivity contribution < 1.29 is 29.0 Å². The van der Waals surface area contributed by atoms with Crippen LogP contribution in [0.15, 0.2) is 48.5 Å². The van der Waals surface area contributed by atoms with E-state index in [4.69, 9.17) is 14.6 Å². The first-order valence-corrected chi connectivity index (χ1v) is 11.5. The average molecular weight is 469 g/mol. The summed E-state index contributed by atoms with van der Waals surface area (Å²) in [5.41, 5.74) is 4.47. The maximum atomic E-state index is 12.7. The Balaban J connectivity index is 1.58. The number of alkyl carbamates (subject to hydrolysis) is 1. The van der Waals surface area contributed by atoms with Crippen molar-refractivity contribution in [2.24, 2.45) is 5.92 Å². The Bertz CT molecular complexity index is 978. The molecule has 0 radical (unpaired) electrons. The molecular weight excluding hydrogens is 436 g/mol. The number of hydrogen-bond acceptors (Lipinski definition) is 5. The van der Waals surface area contributed by atoms with Gasteiger partial charge >= 0.3 is 12.1 Å². The molecule has 0 fully saturated rings. The lowest BCUT2D eigenvalue weighted by Gasteiger charge is -2.24. The second-order valence-corrected chi connectivity index (χ2v) is 8.67. The minimum Gasteiger partial charge on any atom is -0.481 e. The summed E-state index contributed by atoms with van der Waals surface area (Å²) in [6.45, 7) is 3.93. The lowest BCUT2D eigenvalue weighted by molar-refractivity contribution is -0.138. The second kappa shape index (κ2) is 11.7. The third-order valence-electron chi connectivity index (χ3n) is 6.20. The topological polar surface area (TPSA) is 114 Å². The summed E-state index contributed by atoms with van der Waals surface area (Å²) in [5, 5.41) is 14.2. The quantitative estimate of drug-likeness (QED) is 0.465. The molecule has 34 heavy (non-hydrogen) atoms. The van der Waals surface area contributed by atoms with Gasteiger partial charge in [-0.2, -0.15) is 0 Å². The largest absolute Gasteiger partial charge is 0.481 e. The molecule has 182 valence electrons. The zero-order chi connectivity index (χ0) is 24.7. The Labute approximate surface area is 199 Å². The van der Waals surface area contributed by atoms with Crippen LogP contribution >= 0.6 is 0 Å². The first-order chi connectivity index (χ1) is 16.3. The van der Waals surface area contributed by atoms with Crippen molar-refractivity contribution in [2.45, 2.75) is 44.8 Å². The molecule has 3 N–H and O–H groups in total. The second-order valence-electron chi connectivity index (χ2n) is 8.67. The Hall–Kier alpha value is -3.39. The molecule has 0 spiro atoms. The van der Waals surface area contributed by atoms with E-state index in [0.29, 0.717) is 13.0 Å². The van der Waals surface area contributed by atoms with Gasteiger partial charge in [-0.1, -0.05) is 55.5 Å². The fourth-order valence-electron chi connectivity index (χ4n) is 4.25. The number of amides is 2. The fraction of sp³-hybridized carbons (Fsp3) is 0.423. The van der Waals surface area contributed by atoms with E-state index in [-0.39, 0.29) is 24.9 Å². The molecule has 1 unspecified atom stereocenters. The van der Waals surface area contributed by atoms with Crippen LogP contribution in [0.3, 0.4) is 0 Å². The standard InChI is InChI=1S/C26H32N2O6/c1-16(14-23(29)30)12-13-27-25(31)24(17(2)33-3)28-26(32)34-15-22-20-10-6-4-8-18(20)19-9-5-7-11-21(19)22/h4-11,16-17,22,24H,12-15H2,1-3H3,(H,27,31)(H,28,32)(H,29,30)/t16?,17-,24+/m1/s1. The molecule has 8 heteroatoms. The molecule has 0 saturated carbocycles. The van der Waals surface area contributed by atoms with Gasteiger partial charge in [0.15, 0.2) is 0 Å². The van der Waals surface area contributed by atoms with Crippen molar-refractivity contribution in [1.82, 2.24) is 10.6 Å². The van der Waals surface area contributed by atoms with Gasteiger partial charge in [-0.15, -0.1) is 0 Å². The van der Waals surface area contributed by atoms with Crippen molar-refractivity contribution >= 4 is 18.0 Å². The van der Waals surface area contributed by atoms with E-state index in [1.165, 1.54) is 7.11 Å². The highest BCUT2D eigenvalue weighted by Gasteiger charge is 2.31. The van der Waals surface area contributed by atoms with E-state index in [1.54, 1.807) is 6.92 Å². The van der Waals surface area contributed by atoms with Crippen molar-refractivity contribution in [3.8, 4) is 11.1 Å². The lowest BCUT2D eigenvalue weighted by atomic mass is 9.98. The number of hydrogen-bond donors (Lipinski definition) is 3. The summed E-state index contributed by atoms with van der Waals surface area (Å²) >= 11 is 0. The van der Waals surface area contributed by atoms with Crippen LogP contribution in [-0.4, -0.2) is 55.5 Å². The molecule has 0 aromatic heterocycles. The smallest absolute Gasteiger partial charge is 0.407 e. The van der Waals surface area contributed by atoms with Gasteiger partial charge < -0.3 is 25.2 Å². The number of carbonyl (C=O) groups is 3. The van der Waals surface area contributed by atoms with Gasteiger partial charge in [0.1, 0.15) is 12.6 Å². The number of nitrogens with one attached hydrogen (secondary N) is 2.